The van der Waals surface area contributed by atoms with Gasteiger partial charge < -0.3 is 10.1 Å². The van der Waals surface area contributed by atoms with Crippen molar-refractivity contribution < 1.29 is 14.3 Å². The summed E-state index contributed by atoms with van der Waals surface area (Å²) >= 11 is 0. The van der Waals surface area contributed by atoms with Gasteiger partial charge in [-0.05, 0) is 48.7 Å². The van der Waals surface area contributed by atoms with E-state index in [9.17, 15) is 9.59 Å². The third-order valence-electron chi connectivity index (χ3n) is 5.01. The average molecular weight is 391 g/mol. The molecular weight excluding hydrogens is 370 g/mol. The Labute approximate surface area is 167 Å². The van der Waals surface area contributed by atoms with Crippen LogP contribution in [0.15, 0.2) is 48.8 Å². The molecule has 0 fully saturated rings. The van der Waals surface area contributed by atoms with Crippen LogP contribution in [0.5, 0.6) is 5.75 Å². The lowest BCUT2D eigenvalue weighted by Gasteiger charge is -2.23. The zero-order valence-electron chi connectivity index (χ0n) is 16.2. The first-order valence-corrected chi connectivity index (χ1v) is 9.29. The van der Waals surface area contributed by atoms with Crippen molar-refractivity contribution in [3.05, 3.63) is 65.5 Å². The number of carbonyl (C=O) groups is 2. The number of fused-ring (bicyclic) bond motifs is 1. The summed E-state index contributed by atoms with van der Waals surface area (Å²) in [7, 11) is 0. The number of anilines is 2. The van der Waals surface area contributed by atoms with E-state index in [0.717, 1.165) is 22.4 Å². The Kier molecular flexibility index (Phi) is 4.99. The summed E-state index contributed by atoms with van der Waals surface area (Å²) in [5.74, 6) is 0.691. The number of benzene rings is 2. The molecule has 1 aliphatic rings. The topological polar surface area (TPSA) is 98.1 Å². The zero-order valence-corrected chi connectivity index (χ0v) is 16.2. The maximum Gasteiger partial charge on any atom is 0.262 e. The highest BCUT2D eigenvalue weighted by molar-refractivity contribution is 5.93. The molecule has 0 bridgehead atoms. The van der Waals surface area contributed by atoms with Gasteiger partial charge in [-0.1, -0.05) is 24.3 Å². The summed E-state index contributed by atoms with van der Waals surface area (Å²) in [6.45, 7) is 3.88. The first-order chi connectivity index (χ1) is 14.0. The van der Waals surface area contributed by atoms with Crippen LogP contribution < -0.4 is 15.4 Å². The normalized spacial score (nSPS) is 15.4. The van der Waals surface area contributed by atoms with Gasteiger partial charge in [-0.25, -0.2) is 4.68 Å². The SMILES string of the molecule is Cc1cccc(NC(=O)COc2ccc(C3CC(=O)Nc4ncnn43)cc2)c1C. The highest BCUT2D eigenvalue weighted by Crippen LogP contribution is 2.29. The maximum atomic E-state index is 12.2. The summed E-state index contributed by atoms with van der Waals surface area (Å²) in [5, 5.41) is 9.75. The van der Waals surface area contributed by atoms with Crippen LogP contribution in [0.25, 0.3) is 0 Å². The van der Waals surface area contributed by atoms with Gasteiger partial charge in [0.25, 0.3) is 5.91 Å². The molecule has 2 amide bonds. The van der Waals surface area contributed by atoms with Gasteiger partial charge in [0.15, 0.2) is 6.61 Å². The minimum absolute atomic E-state index is 0.0915. The first-order valence-electron chi connectivity index (χ1n) is 9.29. The van der Waals surface area contributed by atoms with Crippen LogP contribution in [-0.2, 0) is 9.59 Å². The Morgan fingerprint density at radius 3 is 2.83 bits per heavy atom. The molecular formula is C21H21N5O3. The fourth-order valence-electron chi connectivity index (χ4n) is 3.27. The zero-order chi connectivity index (χ0) is 20.4. The van der Waals surface area contributed by atoms with Crippen molar-refractivity contribution in [2.75, 3.05) is 17.2 Å². The molecule has 1 aliphatic heterocycles. The number of nitrogens with zero attached hydrogens (tertiary/aromatic N) is 3. The summed E-state index contributed by atoms with van der Waals surface area (Å²) in [6, 6.07) is 12.9. The van der Waals surface area contributed by atoms with Crippen molar-refractivity contribution >= 4 is 23.5 Å². The standard InChI is InChI=1S/C21H21N5O3/c1-13-4-3-5-17(14(13)2)24-20(28)11-29-16-8-6-15(7-9-16)18-10-19(27)25-21-22-12-23-26(18)21/h3-9,12,18H,10-11H2,1-2H3,(H,24,28)(H,22,23,25,27). The number of aromatic nitrogens is 3. The largest absolute Gasteiger partial charge is 0.484 e. The quantitative estimate of drug-likeness (QED) is 0.697. The molecule has 1 atom stereocenters. The van der Waals surface area contributed by atoms with Crippen LogP contribution in [0.1, 0.15) is 29.2 Å². The van der Waals surface area contributed by atoms with Gasteiger partial charge in [0.05, 0.1) is 12.5 Å². The predicted molar refractivity (Wildman–Crippen MR) is 108 cm³/mol. The molecule has 2 aromatic carbocycles. The fraction of sp³-hybridized carbons (Fsp3) is 0.238. The van der Waals surface area contributed by atoms with Crippen LogP contribution >= 0.6 is 0 Å². The van der Waals surface area contributed by atoms with Crippen LogP contribution in [0.3, 0.4) is 0 Å². The molecule has 8 heteroatoms. The summed E-state index contributed by atoms with van der Waals surface area (Å²) in [4.78, 5) is 28.1. The molecule has 4 rings (SSSR count). The van der Waals surface area contributed by atoms with Crippen molar-refractivity contribution in [3.63, 3.8) is 0 Å². The van der Waals surface area contributed by atoms with Crippen molar-refractivity contribution in [3.8, 4) is 5.75 Å². The smallest absolute Gasteiger partial charge is 0.262 e. The third kappa shape index (κ3) is 3.96. The molecule has 1 aromatic heterocycles. The van der Waals surface area contributed by atoms with E-state index < -0.39 is 0 Å². The van der Waals surface area contributed by atoms with Crippen molar-refractivity contribution in [2.45, 2.75) is 26.3 Å². The Balaban J connectivity index is 1.39. The van der Waals surface area contributed by atoms with E-state index in [4.69, 9.17) is 4.74 Å². The molecule has 2 N–H and O–H groups in total. The molecule has 0 radical (unpaired) electrons. The van der Waals surface area contributed by atoms with E-state index in [2.05, 4.69) is 20.7 Å². The highest BCUT2D eigenvalue weighted by Gasteiger charge is 2.27. The van der Waals surface area contributed by atoms with Gasteiger partial charge in [-0.2, -0.15) is 10.1 Å². The van der Waals surface area contributed by atoms with Crippen LogP contribution in [0.2, 0.25) is 0 Å². The van der Waals surface area contributed by atoms with Crippen LogP contribution in [0, 0.1) is 13.8 Å². The fourth-order valence-corrected chi connectivity index (χ4v) is 3.27. The number of nitrogens with one attached hydrogen (secondary N) is 2. The van der Waals surface area contributed by atoms with E-state index in [1.807, 2.05) is 44.2 Å². The molecule has 8 nitrogen and oxygen atoms in total. The van der Waals surface area contributed by atoms with E-state index in [-0.39, 0.29) is 30.9 Å². The number of hydrogen-bond donors (Lipinski definition) is 2. The molecule has 0 saturated heterocycles. The number of ether oxygens (including phenoxy) is 1. The minimum atomic E-state index is -0.223. The lowest BCUT2D eigenvalue weighted by atomic mass is 10.0. The van der Waals surface area contributed by atoms with Gasteiger partial charge in [-0.3, -0.25) is 14.9 Å². The number of carbonyl (C=O) groups excluding carboxylic acids is 2. The third-order valence-corrected chi connectivity index (χ3v) is 5.01. The molecule has 29 heavy (non-hydrogen) atoms. The van der Waals surface area contributed by atoms with Gasteiger partial charge >= 0.3 is 0 Å². The molecule has 1 unspecified atom stereocenters. The molecule has 3 aromatic rings. The van der Waals surface area contributed by atoms with Gasteiger partial charge in [-0.15, -0.1) is 0 Å². The molecule has 148 valence electrons. The Morgan fingerprint density at radius 1 is 1.24 bits per heavy atom. The maximum absolute atomic E-state index is 12.2. The number of hydrogen-bond acceptors (Lipinski definition) is 5. The Morgan fingerprint density at radius 2 is 2.03 bits per heavy atom. The number of rotatable bonds is 5. The summed E-state index contributed by atoms with van der Waals surface area (Å²) in [5.41, 5.74) is 3.85. The number of aryl methyl sites for hydroxylation is 1. The van der Waals surface area contributed by atoms with E-state index in [0.29, 0.717) is 11.7 Å². The first kappa shape index (κ1) is 18.7. The molecule has 0 aliphatic carbocycles. The molecule has 0 saturated carbocycles. The second-order valence-electron chi connectivity index (χ2n) is 6.95. The predicted octanol–water partition coefficient (Wildman–Crippen LogP) is 2.84. The van der Waals surface area contributed by atoms with Gasteiger partial charge in [0.1, 0.15) is 12.1 Å². The average Bonchev–Trinajstić information content (AvgIpc) is 3.18. The summed E-state index contributed by atoms with van der Waals surface area (Å²) < 4.78 is 7.29. The van der Waals surface area contributed by atoms with Crippen LogP contribution in [0.4, 0.5) is 11.6 Å². The molecule has 2 heterocycles. The minimum Gasteiger partial charge on any atom is -0.484 e. The van der Waals surface area contributed by atoms with Crippen LogP contribution in [-0.4, -0.2) is 33.2 Å². The van der Waals surface area contributed by atoms with E-state index in [1.54, 1.807) is 16.8 Å². The molecule has 0 spiro atoms. The van der Waals surface area contributed by atoms with Crippen molar-refractivity contribution in [1.29, 1.82) is 0 Å². The summed E-state index contributed by atoms with van der Waals surface area (Å²) in [6.07, 6.45) is 1.70. The Hall–Kier alpha value is -3.68. The highest BCUT2D eigenvalue weighted by atomic mass is 16.5. The lowest BCUT2D eigenvalue weighted by molar-refractivity contribution is -0.118. The van der Waals surface area contributed by atoms with Crippen molar-refractivity contribution in [2.24, 2.45) is 0 Å². The second-order valence-corrected chi connectivity index (χ2v) is 6.95. The Bertz CT molecular complexity index is 1060. The van der Waals surface area contributed by atoms with Gasteiger partial charge in [0.2, 0.25) is 11.9 Å². The van der Waals surface area contributed by atoms with E-state index >= 15 is 0 Å². The van der Waals surface area contributed by atoms with Gasteiger partial charge in [0, 0.05) is 5.69 Å². The number of amides is 2. The van der Waals surface area contributed by atoms with Crippen molar-refractivity contribution in [1.82, 2.24) is 14.8 Å². The lowest BCUT2D eigenvalue weighted by Crippen LogP contribution is -2.29. The monoisotopic (exact) mass is 391 g/mol. The second kappa shape index (κ2) is 7.75. The van der Waals surface area contributed by atoms with E-state index in [1.165, 1.54) is 6.33 Å².